The summed E-state index contributed by atoms with van der Waals surface area (Å²) >= 11 is 3.27. The molecule has 4 nitrogen and oxygen atoms in total. The minimum atomic E-state index is -0.207. The van der Waals surface area contributed by atoms with E-state index in [0.717, 1.165) is 15.7 Å². The predicted molar refractivity (Wildman–Crippen MR) is 92.4 cm³/mol. The zero-order valence-corrected chi connectivity index (χ0v) is 14.5. The standard InChI is InChI=1S/C17H19BrN2O2/c1-19(2)14-7-4-12(5-8-14)11-20(3)17(22)15-9-6-13(18)10-16(15)21/h4-10,21H,11H2,1-3H3. The van der Waals surface area contributed by atoms with Crippen molar-refractivity contribution in [1.82, 2.24) is 4.90 Å². The Morgan fingerprint density at radius 1 is 1.09 bits per heavy atom. The molecule has 0 atom stereocenters. The van der Waals surface area contributed by atoms with Gasteiger partial charge in [0.1, 0.15) is 5.75 Å². The average Bonchev–Trinajstić information content (AvgIpc) is 2.47. The van der Waals surface area contributed by atoms with Gasteiger partial charge in [-0.05, 0) is 35.9 Å². The first kappa shape index (κ1) is 16.4. The predicted octanol–water partition coefficient (Wildman–Crippen LogP) is 3.49. The Morgan fingerprint density at radius 3 is 2.27 bits per heavy atom. The van der Waals surface area contributed by atoms with E-state index in [-0.39, 0.29) is 11.7 Å². The third-order valence-corrected chi connectivity index (χ3v) is 3.90. The molecule has 0 saturated heterocycles. The second-order valence-corrected chi connectivity index (χ2v) is 6.30. The van der Waals surface area contributed by atoms with E-state index in [1.807, 2.05) is 43.3 Å². The van der Waals surface area contributed by atoms with Crippen molar-refractivity contribution in [3.63, 3.8) is 0 Å². The molecule has 0 spiro atoms. The molecule has 5 heteroatoms. The van der Waals surface area contributed by atoms with Crippen LogP contribution in [0.2, 0.25) is 0 Å². The van der Waals surface area contributed by atoms with Gasteiger partial charge in [-0.3, -0.25) is 4.79 Å². The van der Waals surface area contributed by atoms with E-state index >= 15 is 0 Å². The molecule has 0 aromatic heterocycles. The smallest absolute Gasteiger partial charge is 0.257 e. The molecule has 1 N–H and O–H groups in total. The van der Waals surface area contributed by atoms with Gasteiger partial charge in [0.2, 0.25) is 0 Å². The molecule has 0 aliphatic carbocycles. The summed E-state index contributed by atoms with van der Waals surface area (Å²) < 4.78 is 0.739. The van der Waals surface area contributed by atoms with Crippen molar-refractivity contribution in [3.8, 4) is 5.75 Å². The lowest BCUT2D eigenvalue weighted by molar-refractivity contribution is 0.0782. The van der Waals surface area contributed by atoms with E-state index < -0.39 is 0 Å². The number of aromatic hydroxyl groups is 1. The van der Waals surface area contributed by atoms with Gasteiger partial charge < -0.3 is 14.9 Å². The molecule has 0 unspecified atom stereocenters. The van der Waals surface area contributed by atoms with E-state index in [2.05, 4.69) is 15.9 Å². The Hall–Kier alpha value is -2.01. The van der Waals surface area contributed by atoms with Crippen LogP contribution in [-0.2, 0) is 6.54 Å². The molecule has 2 rings (SSSR count). The fourth-order valence-corrected chi connectivity index (χ4v) is 2.49. The summed E-state index contributed by atoms with van der Waals surface area (Å²) in [7, 11) is 5.70. The SMILES string of the molecule is CN(Cc1ccc(N(C)C)cc1)C(=O)c1ccc(Br)cc1O. The molecule has 0 saturated carbocycles. The lowest BCUT2D eigenvalue weighted by atomic mass is 10.1. The van der Waals surface area contributed by atoms with Crippen LogP contribution in [0.4, 0.5) is 5.69 Å². The molecule has 0 bridgehead atoms. The number of phenols is 1. The lowest BCUT2D eigenvalue weighted by Gasteiger charge is -2.19. The number of carbonyl (C=O) groups excluding carboxylic acids is 1. The maximum absolute atomic E-state index is 12.4. The third-order valence-electron chi connectivity index (χ3n) is 3.41. The van der Waals surface area contributed by atoms with E-state index in [9.17, 15) is 9.90 Å². The summed E-state index contributed by atoms with van der Waals surface area (Å²) in [5, 5.41) is 9.89. The quantitative estimate of drug-likeness (QED) is 0.905. The zero-order valence-electron chi connectivity index (χ0n) is 12.9. The first-order valence-corrected chi connectivity index (χ1v) is 7.68. The number of hydrogen-bond acceptors (Lipinski definition) is 3. The number of halogens is 1. The summed E-state index contributed by atoms with van der Waals surface area (Å²) in [5.41, 5.74) is 2.46. The molecule has 2 aromatic rings. The van der Waals surface area contributed by atoms with Crippen molar-refractivity contribution < 1.29 is 9.90 Å². The fourth-order valence-electron chi connectivity index (χ4n) is 2.14. The van der Waals surface area contributed by atoms with Crippen LogP contribution in [0.5, 0.6) is 5.75 Å². The number of rotatable bonds is 4. The topological polar surface area (TPSA) is 43.8 Å². The normalized spacial score (nSPS) is 10.4. The summed E-state index contributed by atoms with van der Waals surface area (Å²) in [6, 6.07) is 12.9. The van der Waals surface area contributed by atoms with Crippen LogP contribution in [0.1, 0.15) is 15.9 Å². The highest BCUT2D eigenvalue weighted by Gasteiger charge is 2.16. The van der Waals surface area contributed by atoms with Crippen LogP contribution >= 0.6 is 15.9 Å². The van der Waals surface area contributed by atoms with Gasteiger partial charge in [0.05, 0.1) is 5.56 Å². The second kappa shape index (κ2) is 6.83. The summed E-state index contributed by atoms with van der Waals surface area (Å²) in [6.07, 6.45) is 0. The van der Waals surface area contributed by atoms with Gasteiger partial charge in [0, 0.05) is 37.8 Å². The second-order valence-electron chi connectivity index (χ2n) is 5.38. The molecule has 22 heavy (non-hydrogen) atoms. The van der Waals surface area contributed by atoms with Gasteiger partial charge >= 0.3 is 0 Å². The van der Waals surface area contributed by atoms with E-state index in [4.69, 9.17) is 0 Å². The number of nitrogens with zero attached hydrogens (tertiary/aromatic N) is 2. The molecule has 0 aliphatic rings. The highest BCUT2D eigenvalue weighted by Crippen LogP contribution is 2.24. The number of anilines is 1. The van der Waals surface area contributed by atoms with Crippen LogP contribution in [0, 0.1) is 0 Å². The van der Waals surface area contributed by atoms with Crippen molar-refractivity contribution in [1.29, 1.82) is 0 Å². The number of phenolic OH excluding ortho intramolecular Hbond substituents is 1. The fraction of sp³-hybridized carbons (Fsp3) is 0.235. The molecule has 1 amide bonds. The number of hydrogen-bond donors (Lipinski definition) is 1. The van der Waals surface area contributed by atoms with Crippen LogP contribution in [-0.4, -0.2) is 37.1 Å². The average molecular weight is 363 g/mol. The summed E-state index contributed by atoms with van der Waals surface area (Å²) in [6.45, 7) is 0.488. The van der Waals surface area contributed by atoms with E-state index in [0.29, 0.717) is 12.1 Å². The van der Waals surface area contributed by atoms with Crippen molar-refractivity contribution in [2.45, 2.75) is 6.54 Å². The maximum Gasteiger partial charge on any atom is 0.257 e. The Bertz CT molecular complexity index is 669. The van der Waals surface area contributed by atoms with Crippen molar-refractivity contribution >= 4 is 27.5 Å². The Balaban J connectivity index is 2.11. The molecule has 0 aliphatic heterocycles. The molecule has 0 fully saturated rings. The Kier molecular flexibility index (Phi) is 5.08. The minimum Gasteiger partial charge on any atom is -0.507 e. The van der Waals surface area contributed by atoms with Gasteiger partial charge in [-0.1, -0.05) is 28.1 Å². The zero-order chi connectivity index (χ0) is 16.3. The van der Waals surface area contributed by atoms with Crippen LogP contribution in [0.25, 0.3) is 0 Å². The number of amides is 1. The van der Waals surface area contributed by atoms with Crippen LogP contribution < -0.4 is 4.90 Å². The molecular weight excluding hydrogens is 344 g/mol. The monoisotopic (exact) mass is 362 g/mol. The minimum absolute atomic E-state index is 0.0193. The number of carbonyl (C=O) groups is 1. The maximum atomic E-state index is 12.4. The van der Waals surface area contributed by atoms with Gasteiger partial charge in [-0.15, -0.1) is 0 Å². The first-order chi connectivity index (χ1) is 10.4. The van der Waals surface area contributed by atoms with Crippen LogP contribution in [0.15, 0.2) is 46.9 Å². The molecular formula is C17H19BrN2O2. The van der Waals surface area contributed by atoms with Gasteiger partial charge in [0.25, 0.3) is 5.91 Å². The molecule has 0 heterocycles. The van der Waals surface area contributed by atoms with E-state index in [1.54, 1.807) is 24.1 Å². The van der Waals surface area contributed by atoms with Gasteiger partial charge in [-0.2, -0.15) is 0 Å². The van der Waals surface area contributed by atoms with Crippen molar-refractivity contribution in [3.05, 3.63) is 58.1 Å². The molecule has 116 valence electrons. The van der Waals surface area contributed by atoms with Crippen LogP contribution in [0.3, 0.4) is 0 Å². The summed E-state index contributed by atoms with van der Waals surface area (Å²) in [4.78, 5) is 16.0. The molecule has 2 aromatic carbocycles. The lowest BCUT2D eigenvalue weighted by Crippen LogP contribution is -2.26. The highest BCUT2D eigenvalue weighted by atomic mass is 79.9. The number of benzene rings is 2. The highest BCUT2D eigenvalue weighted by molar-refractivity contribution is 9.10. The summed E-state index contributed by atoms with van der Waals surface area (Å²) in [5.74, 6) is -0.226. The Morgan fingerprint density at radius 2 is 1.73 bits per heavy atom. The van der Waals surface area contributed by atoms with Crippen molar-refractivity contribution in [2.75, 3.05) is 26.0 Å². The van der Waals surface area contributed by atoms with Crippen molar-refractivity contribution in [2.24, 2.45) is 0 Å². The van der Waals surface area contributed by atoms with Gasteiger partial charge in [0.15, 0.2) is 0 Å². The van der Waals surface area contributed by atoms with Gasteiger partial charge in [-0.25, -0.2) is 0 Å². The molecule has 0 radical (unpaired) electrons. The largest absolute Gasteiger partial charge is 0.507 e. The van der Waals surface area contributed by atoms with E-state index in [1.165, 1.54) is 6.07 Å². The Labute approximate surface area is 139 Å². The first-order valence-electron chi connectivity index (χ1n) is 6.88. The third kappa shape index (κ3) is 3.80.